The minimum Gasteiger partial charge on any atom is -0.393 e. The lowest BCUT2D eigenvalue weighted by atomic mass is 9.70. The SMILES string of the molecule is CC1(C)[C@@H]2CC[C@]1(C)[C@H](O)C2.Cc1ccccc1. The van der Waals surface area contributed by atoms with Crippen LogP contribution in [0, 0.1) is 23.7 Å². The van der Waals surface area contributed by atoms with Crippen LogP contribution >= 0.6 is 0 Å². The van der Waals surface area contributed by atoms with Crippen LogP contribution in [0.3, 0.4) is 0 Å². The van der Waals surface area contributed by atoms with Crippen LogP contribution in [0.4, 0.5) is 0 Å². The summed E-state index contributed by atoms with van der Waals surface area (Å²) in [5.41, 5.74) is 1.92. The second-order valence-electron chi connectivity index (χ2n) is 6.78. The molecule has 2 bridgehead atoms. The molecule has 1 N–H and O–H groups in total. The second-order valence-corrected chi connectivity index (χ2v) is 6.78. The number of aliphatic hydroxyl groups is 1. The number of benzene rings is 1. The van der Waals surface area contributed by atoms with Crippen molar-refractivity contribution in [3.63, 3.8) is 0 Å². The molecule has 1 nitrogen and oxygen atoms in total. The maximum atomic E-state index is 9.81. The zero-order valence-electron chi connectivity index (χ0n) is 12.1. The molecular weight excluding hydrogens is 220 g/mol. The molecule has 0 aromatic heterocycles. The highest BCUT2D eigenvalue weighted by Gasteiger charge is 2.60. The maximum Gasteiger partial charge on any atom is 0.0601 e. The lowest BCUT2D eigenvalue weighted by Gasteiger charge is -2.36. The zero-order chi connectivity index (χ0) is 13.4. The zero-order valence-corrected chi connectivity index (χ0v) is 12.1. The van der Waals surface area contributed by atoms with Crippen molar-refractivity contribution in [2.45, 2.75) is 53.1 Å². The lowest BCUT2D eigenvalue weighted by Crippen LogP contribution is -2.35. The summed E-state index contributed by atoms with van der Waals surface area (Å²) in [7, 11) is 0. The highest BCUT2D eigenvalue weighted by molar-refractivity contribution is 5.12. The molecule has 0 heterocycles. The van der Waals surface area contributed by atoms with E-state index < -0.39 is 0 Å². The van der Waals surface area contributed by atoms with Crippen LogP contribution in [-0.2, 0) is 0 Å². The highest BCUT2D eigenvalue weighted by Crippen LogP contribution is 2.65. The molecule has 2 saturated carbocycles. The molecule has 1 aromatic carbocycles. The molecule has 1 heteroatoms. The van der Waals surface area contributed by atoms with Gasteiger partial charge in [0.05, 0.1) is 6.10 Å². The normalized spacial score (nSPS) is 36.1. The molecule has 0 unspecified atom stereocenters. The number of fused-ring (bicyclic) bond motifs is 2. The highest BCUT2D eigenvalue weighted by atomic mass is 16.3. The molecule has 0 radical (unpaired) electrons. The van der Waals surface area contributed by atoms with Gasteiger partial charge < -0.3 is 5.11 Å². The molecule has 3 atom stereocenters. The van der Waals surface area contributed by atoms with Gasteiger partial charge in [-0.3, -0.25) is 0 Å². The Hall–Kier alpha value is -0.820. The van der Waals surface area contributed by atoms with E-state index in [4.69, 9.17) is 0 Å². The van der Waals surface area contributed by atoms with E-state index in [-0.39, 0.29) is 11.5 Å². The molecule has 2 aliphatic carbocycles. The molecule has 0 spiro atoms. The third-order valence-electron chi connectivity index (χ3n) is 5.69. The number of hydrogen-bond donors (Lipinski definition) is 1. The Bertz CT molecular complexity index is 395. The molecule has 2 aliphatic rings. The van der Waals surface area contributed by atoms with Gasteiger partial charge in [0.1, 0.15) is 0 Å². The summed E-state index contributed by atoms with van der Waals surface area (Å²) in [4.78, 5) is 0. The third-order valence-corrected chi connectivity index (χ3v) is 5.69. The summed E-state index contributed by atoms with van der Waals surface area (Å²) in [6, 6.07) is 10.3. The van der Waals surface area contributed by atoms with Crippen LogP contribution in [0.2, 0.25) is 0 Å². The summed E-state index contributed by atoms with van der Waals surface area (Å²) in [5.74, 6) is 0.780. The molecule has 100 valence electrons. The Balaban J connectivity index is 0.000000149. The van der Waals surface area contributed by atoms with E-state index in [0.717, 1.165) is 12.3 Å². The van der Waals surface area contributed by atoms with Crippen molar-refractivity contribution >= 4 is 0 Å². The van der Waals surface area contributed by atoms with Crippen LogP contribution in [-0.4, -0.2) is 11.2 Å². The van der Waals surface area contributed by atoms with Gasteiger partial charge in [-0.25, -0.2) is 0 Å². The fourth-order valence-corrected chi connectivity index (χ4v) is 3.70. The maximum absolute atomic E-state index is 9.81. The monoisotopic (exact) mass is 246 g/mol. The Morgan fingerprint density at radius 3 is 1.94 bits per heavy atom. The smallest absolute Gasteiger partial charge is 0.0601 e. The topological polar surface area (TPSA) is 20.2 Å². The van der Waals surface area contributed by atoms with Gasteiger partial charge in [0.2, 0.25) is 0 Å². The van der Waals surface area contributed by atoms with Crippen molar-refractivity contribution in [3.05, 3.63) is 35.9 Å². The largest absolute Gasteiger partial charge is 0.393 e. The average Bonchev–Trinajstić information content (AvgIpc) is 2.64. The van der Waals surface area contributed by atoms with Gasteiger partial charge in [-0.15, -0.1) is 0 Å². The van der Waals surface area contributed by atoms with E-state index in [1.165, 1.54) is 18.4 Å². The van der Waals surface area contributed by atoms with E-state index in [0.29, 0.717) is 5.41 Å². The van der Waals surface area contributed by atoms with Crippen LogP contribution in [0.5, 0.6) is 0 Å². The number of hydrogen-bond acceptors (Lipinski definition) is 1. The Labute approximate surface area is 111 Å². The van der Waals surface area contributed by atoms with Crippen LogP contribution in [0.25, 0.3) is 0 Å². The van der Waals surface area contributed by atoms with Gasteiger partial charge in [0.15, 0.2) is 0 Å². The number of aryl methyl sites for hydroxylation is 1. The van der Waals surface area contributed by atoms with Gasteiger partial charge in [-0.1, -0.05) is 56.7 Å². The fourth-order valence-electron chi connectivity index (χ4n) is 3.70. The van der Waals surface area contributed by atoms with Gasteiger partial charge in [0.25, 0.3) is 0 Å². The fraction of sp³-hybridized carbons (Fsp3) is 0.647. The number of rotatable bonds is 0. The molecule has 1 aromatic rings. The predicted molar refractivity (Wildman–Crippen MR) is 76.4 cm³/mol. The minimum absolute atomic E-state index is 0.0313. The van der Waals surface area contributed by atoms with Crippen molar-refractivity contribution in [1.82, 2.24) is 0 Å². The first kappa shape index (κ1) is 13.6. The quantitative estimate of drug-likeness (QED) is 0.728. The van der Waals surface area contributed by atoms with Crippen molar-refractivity contribution in [3.8, 4) is 0 Å². The van der Waals surface area contributed by atoms with Crippen molar-refractivity contribution in [2.24, 2.45) is 16.7 Å². The van der Waals surface area contributed by atoms with Crippen LogP contribution < -0.4 is 0 Å². The van der Waals surface area contributed by atoms with Crippen molar-refractivity contribution in [2.75, 3.05) is 0 Å². The summed E-state index contributed by atoms with van der Waals surface area (Å²) in [6.45, 7) is 8.98. The standard InChI is InChI=1S/C10H18O.C7H8/c1-9(2)7-4-5-10(9,3)8(11)6-7;1-7-5-3-2-4-6-7/h7-8,11H,4-6H2,1-3H3;2-6H,1H3/t7-,8-,10-;/m1./s1. The Morgan fingerprint density at radius 2 is 1.72 bits per heavy atom. The van der Waals surface area contributed by atoms with Gasteiger partial charge in [-0.2, -0.15) is 0 Å². The Morgan fingerprint density at radius 1 is 1.11 bits per heavy atom. The van der Waals surface area contributed by atoms with Crippen molar-refractivity contribution in [1.29, 1.82) is 0 Å². The average molecular weight is 246 g/mol. The molecule has 0 aliphatic heterocycles. The molecule has 3 rings (SSSR count). The van der Waals surface area contributed by atoms with Gasteiger partial charge in [0, 0.05) is 0 Å². The molecule has 18 heavy (non-hydrogen) atoms. The first-order chi connectivity index (χ1) is 8.38. The summed E-state index contributed by atoms with van der Waals surface area (Å²) in [5, 5.41) is 9.81. The predicted octanol–water partition coefficient (Wildman–Crippen LogP) is 4.19. The minimum atomic E-state index is -0.0313. The van der Waals surface area contributed by atoms with E-state index in [2.05, 4.69) is 39.8 Å². The van der Waals surface area contributed by atoms with Gasteiger partial charge in [-0.05, 0) is 42.9 Å². The van der Waals surface area contributed by atoms with E-state index in [9.17, 15) is 5.11 Å². The van der Waals surface area contributed by atoms with Crippen LogP contribution in [0.15, 0.2) is 30.3 Å². The third kappa shape index (κ3) is 2.09. The summed E-state index contributed by atoms with van der Waals surface area (Å²) < 4.78 is 0. The summed E-state index contributed by atoms with van der Waals surface area (Å²) in [6.07, 6.45) is 3.58. The van der Waals surface area contributed by atoms with Crippen molar-refractivity contribution < 1.29 is 5.11 Å². The molecule has 2 fully saturated rings. The van der Waals surface area contributed by atoms with Crippen LogP contribution in [0.1, 0.15) is 45.6 Å². The molecule has 0 saturated heterocycles. The van der Waals surface area contributed by atoms with E-state index in [1.807, 2.05) is 18.2 Å². The van der Waals surface area contributed by atoms with E-state index >= 15 is 0 Å². The van der Waals surface area contributed by atoms with Gasteiger partial charge >= 0.3 is 0 Å². The lowest BCUT2D eigenvalue weighted by molar-refractivity contribution is 0.0126. The Kier molecular flexibility index (Phi) is 3.55. The van der Waals surface area contributed by atoms with E-state index in [1.54, 1.807) is 0 Å². The molecule has 0 amide bonds. The molecular formula is C17H26O. The second kappa shape index (κ2) is 4.70. The number of aliphatic hydroxyl groups excluding tert-OH is 1. The first-order valence-corrected chi connectivity index (χ1v) is 7.07. The summed E-state index contributed by atoms with van der Waals surface area (Å²) >= 11 is 0. The first-order valence-electron chi connectivity index (χ1n) is 7.07.